The first kappa shape index (κ1) is 13.0. The molecule has 0 saturated carbocycles. The van der Waals surface area contributed by atoms with E-state index in [2.05, 4.69) is 26.9 Å². The van der Waals surface area contributed by atoms with Crippen molar-refractivity contribution < 1.29 is 4.74 Å². The highest BCUT2D eigenvalue weighted by Crippen LogP contribution is 2.15. The predicted octanol–water partition coefficient (Wildman–Crippen LogP) is 1.38. The predicted molar refractivity (Wildman–Crippen MR) is 74.9 cm³/mol. The Morgan fingerprint density at radius 1 is 1.16 bits per heavy atom. The van der Waals surface area contributed by atoms with Gasteiger partial charge in [0.25, 0.3) is 0 Å². The summed E-state index contributed by atoms with van der Waals surface area (Å²) >= 11 is 0. The van der Waals surface area contributed by atoms with E-state index in [0.29, 0.717) is 6.10 Å². The van der Waals surface area contributed by atoms with Gasteiger partial charge in [0, 0.05) is 52.1 Å². The van der Waals surface area contributed by atoms with Crippen molar-refractivity contribution in [2.45, 2.75) is 25.5 Å². The molecule has 4 nitrogen and oxygen atoms in total. The van der Waals surface area contributed by atoms with Gasteiger partial charge in [-0.3, -0.25) is 14.8 Å². The largest absolute Gasteiger partial charge is 0.377 e. The molecule has 0 bridgehead atoms. The highest BCUT2D eigenvalue weighted by atomic mass is 16.5. The molecule has 4 heteroatoms. The normalized spacial score (nSPS) is 25.8. The Kier molecular flexibility index (Phi) is 4.43. The molecule has 1 aromatic heterocycles. The van der Waals surface area contributed by atoms with Crippen molar-refractivity contribution in [3.05, 3.63) is 30.1 Å². The smallest absolute Gasteiger partial charge is 0.0702 e. The number of pyridine rings is 1. The summed E-state index contributed by atoms with van der Waals surface area (Å²) < 4.78 is 5.71. The molecule has 1 aromatic rings. The zero-order valence-electron chi connectivity index (χ0n) is 11.5. The molecule has 2 saturated heterocycles. The number of ether oxygens (including phenoxy) is 1. The van der Waals surface area contributed by atoms with Gasteiger partial charge in [-0.05, 0) is 25.0 Å². The van der Waals surface area contributed by atoms with Gasteiger partial charge in [-0.1, -0.05) is 6.07 Å². The van der Waals surface area contributed by atoms with Crippen LogP contribution in [0.3, 0.4) is 0 Å². The first-order valence-corrected chi connectivity index (χ1v) is 7.36. The van der Waals surface area contributed by atoms with E-state index in [-0.39, 0.29) is 0 Å². The molecule has 0 aromatic carbocycles. The second-order valence-corrected chi connectivity index (χ2v) is 5.53. The summed E-state index contributed by atoms with van der Waals surface area (Å²) in [5.41, 5.74) is 1.18. The molecule has 2 aliphatic heterocycles. The van der Waals surface area contributed by atoms with Crippen molar-refractivity contribution in [2.24, 2.45) is 0 Å². The Bertz CT molecular complexity index is 370. The number of hydrogen-bond donors (Lipinski definition) is 0. The topological polar surface area (TPSA) is 28.6 Å². The summed E-state index contributed by atoms with van der Waals surface area (Å²) in [6.45, 7) is 7.67. The second-order valence-electron chi connectivity index (χ2n) is 5.53. The number of nitrogens with zero attached hydrogens (tertiary/aromatic N) is 3. The van der Waals surface area contributed by atoms with Crippen LogP contribution in [0.15, 0.2) is 24.4 Å². The molecule has 0 radical (unpaired) electrons. The molecule has 0 aliphatic carbocycles. The quantitative estimate of drug-likeness (QED) is 0.818. The van der Waals surface area contributed by atoms with Gasteiger partial charge in [-0.15, -0.1) is 0 Å². The zero-order chi connectivity index (χ0) is 12.9. The Balaban J connectivity index is 1.41. The average molecular weight is 261 g/mol. The molecule has 104 valence electrons. The van der Waals surface area contributed by atoms with Crippen molar-refractivity contribution in [3.63, 3.8) is 0 Å². The van der Waals surface area contributed by atoms with Crippen LogP contribution in [0.2, 0.25) is 0 Å². The van der Waals surface area contributed by atoms with E-state index >= 15 is 0 Å². The number of hydrogen-bond acceptors (Lipinski definition) is 4. The first-order chi connectivity index (χ1) is 9.40. The van der Waals surface area contributed by atoms with E-state index in [1.165, 1.54) is 18.5 Å². The summed E-state index contributed by atoms with van der Waals surface area (Å²) in [6.07, 6.45) is 4.85. The van der Waals surface area contributed by atoms with E-state index < -0.39 is 0 Å². The van der Waals surface area contributed by atoms with Gasteiger partial charge < -0.3 is 4.74 Å². The van der Waals surface area contributed by atoms with Crippen LogP contribution in [0, 0.1) is 0 Å². The zero-order valence-corrected chi connectivity index (χ0v) is 11.5. The van der Waals surface area contributed by atoms with Crippen LogP contribution in [-0.4, -0.2) is 60.2 Å². The third kappa shape index (κ3) is 3.75. The maximum Gasteiger partial charge on any atom is 0.0702 e. The molecule has 3 heterocycles. The summed E-state index contributed by atoms with van der Waals surface area (Å²) in [6, 6.07) is 6.15. The third-order valence-corrected chi connectivity index (χ3v) is 4.06. The van der Waals surface area contributed by atoms with Crippen LogP contribution in [-0.2, 0) is 11.3 Å². The Morgan fingerprint density at radius 3 is 2.68 bits per heavy atom. The minimum absolute atomic E-state index is 0.488. The highest BCUT2D eigenvalue weighted by molar-refractivity contribution is 5.03. The van der Waals surface area contributed by atoms with E-state index in [9.17, 15) is 0 Å². The number of piperazine rings is 1. The lowest BCUT2D eigenvalue weighted by Crippen LogP contribution is -2.48. The van der Waals surface area contributed by atoms with Gasteiger partial charge in [-0.25, -0.2) is 0 Å². The van der Waals surface area contributed by atoms with Gasteiger partial charge in [0.15, 0.2) is 0 Å². The molecule has 0 amide bonds. The van der Waals surface area contributed by atoms with Crippen LogP contribution < -0.4 is 0 Å². The van der Waals surface area contributed by atoms with Gasteiger partial charge in [-0.2, -0.15) is 0 Å². The minimum Gasteiger partial charge on any atom is -0.377 e. The van der Waals surface area contributed by atoms with Gasteiger partial charge in [0.2, 0.25) is 0 Å². The summed E-state index contributed by atoms with van der Waals surface area (Å²) in [5, 5.41) is 0. The molecule has 3 rings (SSSR count). The fraction of sp³-hybridized carbons (Fsp3) is 0.667. The van der Waals surface area contributed by atoms with Crippen LogP contribution in [0.4, 0.5) is 0 Å². The fourth-order valence-corrected chi connectivity index (χ4v) is 2.93. The van der Waals surface area contributed by atoms with Gasteiger partial charge in [0.1, 0.15) is 0 Å². The van der Waals surface area contributed by atoms with Crippen molar-refractivity contribution in [2.75, 3.05) is 39.3 Å². The molecule has 19 heavy (non-hydrogen) atoms. The molecule has 2 aliphatic rings. The Hall–Kier alpha value is -0.970. The van der Waals surface area contributed by atoms with Crippen molar-refractivity contribution in [1.82, 2.24) is 14.8 Å². The van der Waals surface area contributed by atoms with Gasteiger partial charge in [0.05, 0.1) is 11.8 Å². The summed E-state index contributed by atoms with van der Waals surface area (Å²) in [4.78, 5) is 9.44. The molecular formula is C15H23N3O. The van der Waals surface area contributed by atoms with Crippen LogP contribution in [0.1, 0.15) is 18.5 Å². The molecule has 1 unspecified atom stereocenters. The third-order valence-electron chi connectivity index (χ3n) is 4.06. The second kappa shape index (κ2) is 6.46. The van der Waals surface area contributed by atoms with Gasteiger partial charge >= 0.3 is 0 Å². The number of rotatable bonds is 4. The van der Waals surface area contributed by atoms with E-state index in [1.807, 2.05) is 12.3 Å². The lowest BCUT2D eigenvalue weighted by molar-refractivity contribution is 0.0487. The van der Waals surface area contributed by atoms with Crippen molar-refractivity contribution in [1.29, 1.82) is 0 Å². The summed E-state index contributed by atoms with van der Waals surface area (Å²) in [7, 11) is 0. The standard InChI is InChI=1S/C15H23N3O/c1-2-6-16-14(4-1)12-17-7-9-18(10-8-17)13-15-5-3-11-19-15/h1-2,4,6,15H,3,5,7-13H2. The molecule has 1 atom stereocenters. The molecule has 0 N–H and O–H groups in total. The summed E-state index contributed by atoms with van der Waals surface area (Å²) in [5.74, 6) is 0. The maximum absolute atomic E-state index is 5.71. The van der Waals surface area contributed by atoms with E-state index in [4.69, 9.17) is 4.74 Å². The molecule has 0 spiro atoms. The Labute approximate surface area is 115 Å². The van der Waals surface area contributed by atoms with Crippen molar-refractivity contribution >= 4 is 0 Å². The van der Waals surface area contributed by atoms with Crippen LogP contribution >= 0.6 is 0 Å². The lowest BCUT2D eigenvalue weighted by Gasteiger charge is -2.35. The SMILES string of the molecule is c1ccc(CN2CCN(CC3CCCO3)CC2)nc1. The molecular weight excluding hydrogens is 238 g/mol. The van der Waals surface area contributed by atoms with Crippen LogP contribution in [0.5, 0.6) is 0 Å². The van der Waals surface area contributed by atoms with E-state index in [1.54, 1.807) is 0 Å². The first-order valence-electron chi connectivity index (χ1n) is 7.36. The number of aromatic nitrogens is 1. The minimum atomic E-state index is 0.488. The van der Waals surface area contributed by atoms with E-state index in [0.717, 1.165) is 45.9 Å². The highest BCUT2D eigenvalue weighted by Gasteiger charge is 2.22. The van der Waals surface area contributed by atoms with Crippen molar-refractivity contribution in [3.8, 4) is 0 Å². The lowest BCUT2D eigenvalue weighted by atomic mass is 10.2. The maximum atomic E-state index is 5.71. The fourth-order valence-electron chi connectivity index (χ4n) is 2.93. The Morgan fingerprint density at radius 2 is 2.00 bits per heavy atom. The van der Waals surface area contributed by atoms with Crippen LogP contribution in [0.25, 0.3) is 0 Å². The average Bonchev–Trinajstić information content (AvgIpc) is 2.95. The molecule has 2 fully saturated rings. The monoisotopic (exact) mass is 261 g/mol.